The lowest BCUT2D eigenvalue weighted by Crippen LogP contribution is -2.60. The van der Waals surface area contributed by atoms with Crippen LogP contribution in [0.1, 0.15) is 96.1 Å². The normalized spacial score (nSPS) is 14.2. The molecule has 0 unspecified atom stereocenters. The molecule has 0 spiro atoms. The summed E-state index contributed by atoms with van der Waals surface area (Å²) in [5.74, 6) is -12.8. The van der Waals surface area contributed by atoms with Gasteiger partial charge in [-0.3, -0.25) is 72.3 Å². The number of carbonyl (C=O) groups is 13. The van der Waals surface area contributed by atoms with Crippen molar-refractivity contribution in [3.05, 3.63) is 71.5 Å². The quantitative estimate of drug-likeness (QED) is 0.0166. The van der Waals surface area contributed by atoms with Gasteiger partial charge in [0.1, 0.15) is 60.2 Å². The average molecular weight is 1400 g/mol. The predicted octanol–water partition coefficient (Wildman–Crippen LogP) is -9.09. The highest BCUT2D eigenvalue weighted by Gasteiger charge is 2.34. The Morgan fingerprint density at radius 2 is 0.848 bits per heavy atom. The van der Waals surface area contributed by atoms with Gasteiger partial charge in [-0.05, 0) is 128 Å². The highest BCUT2D eigenvalue weighted by Crippen LogP contribution is 2.10. The first-order valence-electron chi connectivity index (χ1n) is 32.1. The standard InChI is InChI=1S/C61H99FN22O15/c1-33(76-47(88)31-75-59(99)49(35(3)86)84-57(97)44(28-36-13-5-4-6-14-36)78-48(89)30-73-46(87)29-74-53(93)39(65)27-37-19-21-38(62)22-20-37)51(91)80-43(18-12-26-72-61(69)70)55(95)82-41(16-8-10-24-64)56(96)83-45(32-85)58(98)77-34(2)52(92)81-42(17-11-25-71-60(67)68)54(94)79-40(50(66)90)15-7-9-23-63/h4-6,13-14,19-22,33-35,39-45,49,85-86H,7-12,15-18,23-32,63-65H2,1-3H3,(H2,66,90)(H,73,87)(H,74,93)(H,75,99)(H,76,88)(H,77,98)(H,78,89)(H,79,94)(H,80,91)(H,81,92)(H,82,95)(H,83,96)(H,84,97)(H4,67,68,71)(H4,69,70,72)/t33-,34-,35+,39-,40-,41-,42-,43-,44-,45-,49-/m0/s1. The van der Waals surface area contributed by atoms with Crippen LogP contribution >= 0.6 is 0 Å². The molecule has 0 radical (unpaired) electrons. The summed E-state index contributed by atoms with van der Waals surface area (Å²) in [6, 6.07) is -0.507. The molecule has 0 saturated heterocycles. The molecule has 11 atom stereocenters. The Morgan fingerprint density at radius 3 is 1.34 bits per heavy atom. The molecule has 2 rings (SSSR count). The number of halogens is 1. The predicted molar refractivity (Wildman–Crippen MR) is 360 cm³/mol. The Morgan fingerprint density at radius 1 is 0.434 bits per heavy atom. The maximum absolute atomic E-state index is 14.1. The Hall–Kier alpha value is -10.2. The average Bonchev–Trinajstić information content (AvgIpc) is 0.890. The van der Waals surface area contributed by atoms with Crippen LogP contribution in [-0.2, 0) is 75.2 Å². The molecule has 0 heterocycles. The summed E-state index contributed by atoms with van der Waals surface area (Å²) in [6.07, 6.45) is -0.0101. The smallest absolute Gasteiger partial charge is 0.245 e. The number of unbranched alkanes of at least 4 members (excludes halogenated alkanes) is 2. The second-order valence-electron chi connectivity index (χ2n) is 23.1. The third kappa shape index (κ3) is 34.6. The van der Waals surface area contributed by atoms with E-state index in [9.17, 15) is 76.9 Å². The summed E-state index contributed by atoms with van der Waals surface area (Å²) in [6.45, 7) is 1.07. The zero-order valence-corrected chi connectivity index (χ0v) is 55.8. The number of hydrogen-bond acceptors (Lipinski definition) is 20. The van der Waals surface area contributed by atoms with Gasteiger partial charge >= 0.3 is 0 Å². The summed E-state index contributed by atoms with van der Waals surface area (Å²) in [5, 5.41) is 49.9. The van der Waals surface area contributed by atoms with Crippen LogP contribution in [0.15, 0.2) is 64.6 Å². The van der Waals surface area contributed by atoms with Crippen LogP contribution in [0, 0.1) is 5.82 Å². The third-order valence-electron chi connectivity index (χ3n) is 14.7. The fourth-order valence-electron chi connectivity index (χ4n) is 9.17. The molecule has 0 saturated carbocycles. The third-order valence-corrected chi connectivity index (χ3v) is 14.7. The lowest BCUT2D eigenvalue weighted by molar-refractivity contribution is -0.136. The number of aliphatic hydroxyl groups is 2. The fourth-order valence-corrected chi connectivity index (χ4v) is 9.17. The molecule has 0 aliphatic rings. The minimum atomic E-state index is -1.74. The van der Waals surface area contributed by atoms with E-state index in [0.29, 0.717) is 36.9 Å². The number of rotatable bonds is 47. The van der Waals surface area contributed by atoms with E-state index in [-0.39, 0.29) is 89.3 Å². The lowest BCUT2D eigenvalue weighted by Gasteiger charge is -2.26. The molecule has 0 aromatic heterocycles. The molecule has 37 nitrogen and oxygen atoms in total. The van der Waals surface area contributed by atoms with Gasteiger partial charge in [-0.2, -0.15) is 0 Å². The fraction of sp³-hybridized carbons (Fsp3) is 0.557. The molecule has 0 aliphatic heterocycles. The van der Waals surface area contributed by atoms with Gasteiger partial charge in [-0.15, -0.1) is 0 Å². The molecular weight excluding hydrogens is 1300 g/mol. The maximum atomic E-state index is 14.1. The zero-order valence-electron chi connectivity index (χ0n) is 55.8. The van der Waals surface area contributed by atoms with Crippen molar-refractivity contribution in [3.8, 4) is 0 Å². The molecular formula is C61H99FN22O15. The summed E-state index contributed by atoms with van der Waals surface area (Å²) >= 11 is 0. The van der Waals surface area contributed by atoms with Crippen molar-refractivity contribution in [3.63, 3.8) is 0 Å². The van der Waals surface area contributed by atoms with E-state index in [4.69, 9.17) is 45.9 Å². The lowest BCUT2D eigenvalue weighted by atomic mass is 10.0. The number of benzene rings is 2. The monoisotopic (exact) mass is 1400 g/mol. The van der Waals surface area contributed by atoms with Crippen LogP contribution in [0.3, 0.4) is 0 Å². The summed E-state index contributed by atoms with van der Waals surface area (Å²) in [5.41, 5.74) is 45.7. The van der Waals surface area contributed by atoms with Gasteiger partial charge in [0.15, 0.2) is 11.9 Å². The van der Waals surface area contributed by atoms with Gasteiger partial charge in [-0.1, -0.05) is 42.5 Å². The van der Waals surface area contributed by atoms with E-state index >= 15 is 0 Å². The molecule has 550 valence electrons. The Kier molecular flexibility index (Phi) is 39.5. The second-order valence-corrected chi connectivity index (χ2v) is 23.1. The largest absolute Gasteiger partial charge is 0.394 e. The minimum absolute atomic E-state index is 0.0313. The molecule has 2 aromatic rings. The first kappa shape index (κ1) is 84.9. The number of hydrogen-bond donors (Lipinski definition) is 22. The Bertz CT molecular complexity index is 3050. The molecule has 0 fully saturated rings. The zero-order chi connectivity index (χ0) is 74.1. The topological polar surface area (TPSA) is 640 Å². The second kappa shape index (κ2) is 46.1. The van der Waals surface area contributed by atoms with Crippen LogP contribution in [0.25, 0.3) is 0 Å². The Labute approximate surface area is 571 Å². The van der Waals surface area contributed by atoms with Crippen molar-refractivity contribution in [2.24, 2.45) is 55.9 Å². The van der Waals surface area contributed by atoms with Crippen molar-refractivity contribution >= 4 is 88.7 Å². The highest BCUT2D eigenvalue weighted by atomic mass is 19.1. The van der Waals surface area contributed by atoms with Crippen molar-refractivity contribution in [1.82, 2.24) is 63.8 Å². The van der Waals surface area contributed by atoms with Gasteiger partial charge in [0.2, 0.25) is 76.8 Å². The maximum Gasteiger partial charge on any atom is 0.245 e. The van der Waals surface area contributed by atoms with Gasteiger partial charge in [0, 0.05) is 19.5 Å². The number of nitrogens with two attached hydrogens (primary N) is 8. The molecule has 30 N–H and O–H groups in total. The van der Waals surface area contributed by atoms with Crippen LogP contribution in [-0.4, -0.2) is 218 Å². The first-order valence-corrected chi connectivity index (χ1v) is 32.1. The van der Waals surface area contributed by atoms with Crippen molar-refractivity contribution < 1.29 is 76.9 Å². The van der Waals surface area contributed by atoms with Gasteiger partial charge in [-0.25, -0.2) is 4.39 Å². The Balaban J connectivity index is 2.17. The summed E-state index contributed by atoms with van der Waals surface area (Å²) in [4.78, 5) is 181. The number of carbonyl (C=O) groups excluding carboxylic acids is 13. The molecule has 13 amide bonds. The van der Waals surface area contributed by atoms with E-state index < -0.39 is 175 Å². The number of amides is 13. The number of aliphatic imine (C=N–C) groups is 2. The summed E-state index contributed by atoms with van der Waals surface area (Å²) < 4.78 is 13.3. The number of aliphatic hydroxyl groups excluding tert-OH is 2. The van der Waals surface area contributed by atoms with Crippen molar-refractivity contribution in [2.45, 2.75) is 164 Å². The summed E-state index contributed by atoms with van der Waals surface area (Å²) in [7, 11) is 0. The van der Waals surface area contributed by atoms with Crippen molar-refractivity contribution in [1.29, 1.82) is 0 Å². The van der Waals surface area contributed by atoms with Gasteiger partial charge in [0.05, 0.1) is 38.4 Å². The highest BCUT2D eigenvalue weighted by molar-refractivity contribution is 5.99. The number of primary amides is 1. The number of nitrogens with zero attached hydrogens (tertiary/aromatic N) is 2. The van der Waals surface area contributed by atoms with Gasteiger partial charge < -0.3 is 120 Å². The molecule has 0 bridgehead atoms. The van der Waals surface area contributed by atoms with E-state index in [2.05, 4.69) is 73.8 Å². The molecule has 0 aliphatic carbocycles. The van der Waals surface area contributed by atoms with Crippen LogP contribution in [0.4, 0.5) is 4.39 Å². The van der Waals surface area contributed by atoms with Crippen LogP contribution in [0.2, 0.25) is 0 Å². The number of guanidine groups is 2. The minimum Gasteiger partial charge on any atom is -0.394 e. The van der Waals surface area contributed by atoms with Crippen LogP contribution < -0.4 is 110 Å². The molecule has 2 aromatic carbocycles. The molecule has 99 heavy (non-hydrogen) atoms. The van der Waals surface area contributed by atoms with E-state index in [1.54, 1.807) is 30.3 Å². The van der Waals surface area contributed by atoms with Crippen molar-refractivity contribution in [2.75, 3.05) is 52.4 Å². The molecule has 38 heteroatoms. The number of nitrogens with one attached hydrogen (secondary N) is 12. The SMILES string of the molecule is C[C@H](NC(=O)CNC(=O)[C@@H](NC(=O)[C@H](Cc1ccccc1)NC(=O)CNC(=O)CNC(=O)[C@@H](N)Cc1ccc(F)cc1)[C@@H](C)O)C(=O)N[C@@H](CCCN=C(N)N)C(=O)N[C@@H](CCCCN)C(=O)N[C@@H](CO)C(=O)N[C@@H](C)C(=O)N[C@@H](CCCN=C(N)N)C(=O)N[C@@H](CCCCN)C(N)=O. The first-order chi connectivity index (χ1) is 46.9. The van der Waals surface area contributed by atoms with E-state index in [1.165, 1.54) is 38.1 Å². The van der Waals surface area contributed by atoms with E-state index in [1.807, 2.05) is 0 Å². The van der Waals surface area contributed by atoms with Gasteiger partial charge in [0.25, 0.3) is 0 Å². The van der Waals surface area contributed by atoms with E-state index in [0.717, 1.165) is 6.92 Å². The van der Waals surface area contributed by atoms with Crippen LogP contribution in [0.5, 0.6) is 0 Å².